The fraction of sp³-hybridized carbons (Fsp3) is 0.231. The number of rotatable bonds is 6. The van der Waals surface area contributed by atoms with Crippen LogP contribution < -0.4 is 20.7 Å². The maximum atomic E-state index is 11.6. The van der Waals surface area contributed by atoms with Crippen molar-refractivity contribution in [1.29, 1.82) is 5.26 Å². The number of nitrogens with two attached hydrogens (primary N) is 1. The maximum absolute atomic E-state index is 11.6. The van der Waals surface area contributed by atoms with Crippen LogP contribution in [0.5, 0.6) is 5.75 Å². The Morgan fingerprint density at radius 3 is 2.78 bits per heavy atom. The normalized spacial score (nSPS) is 13.9. The average Bonchev–Trinajstić information content (AvgIpc) is 3.33. The first kappa shape index (κ1) is 23.1. The van der Waals surface area contributed by atoms with Crippen molar-refractivity contribution in [2.75, 3.05) is 42.9 Å². The van der Waals surface area contributed by atoms with Crippen LogP contribution in [0.4, 0.5) is 22.1 Å². The third kappa shape index (κ3) is 4.64. The molecule has 1 fully saturated rings. The van der Waals surface area contributed by atoms with Crippen molar-refractivity contribution >= 4 is 34.3 Å². The van der Waals surface area contributed by atoms with E-state index in [9.17, 15) is 10.1 Å². The second-order valence-electron chi connectivity index (χ2n) is 8.46. The molecule has 182 valence electrons. The Morgan fingerprint density at radius 2 is 2.03 bits per heavy atom. The summed E-state index contributed by atoms with van der Waals surface area (Å²) in [4.78, 5) is 28.4. The van der Waals surface area contributed by atoms with Crippen molar-refractivity contribution in [3.63, 3.8) is 0 Å². The summed E-state index contributed by atoms with van der Waals surface area (Å²) in [5, 5.41) is 13.7. The number of hydrogen-bond donors (Lipinski definition) is 3. The van der Waals surface area contributed by atoms with Gasteiger partial charge in [0.05, 0.1) is 23.1 Å². The van der Waals surface area contributed by atoms with E-state index in [0.717, 1.165) is 54.9 Å². The standard InChI is InChI=1S/C26H26N8O2/c1-2-33-9-11-34(12-10-33)18-7-8-22(23(13-18)36-25(28)35)31-26-30-15-17(14-27)24(32-26)20-16-29-21-6-4-3-5-19(20)21/h3-8,13,15-16,29H,2,9-12H2,1H3,(H2,28,35)(H,30,31,32). The zero-order valence-corrected chi connectivity index (χ0v) is 19.9. The number of likely N-dealkylation sites (N-methyl/N-ethyl adjacent to an activating group) is 1. The summed E-state index contributed by atoms with van der Waals surface area (Å²) in [7, 11) is 0. The molecule has 2 aromatic heterocycles. The topological polar surface area (TPSA) is 136 Å². The summed E-state index contributed by atoms with van der Waals surface area (Å²) in [6.45, 7) is 6.88. The van der Waals surface area contributed by atoms with Crippen molar-refractivity contribution in [2.24, 2.45) is 5.73 Å². The molecule has 10 heteroatoms. The lowest BCUT2D eigenvalue weighted by Gasteiger charge is -2.35. The second-order valence-corrected chi connectivity index (χ2v) is 8.46. The third-order valence-electron chi connectivity index (χ3n) is 6.36. The number of hydrogen-bond acceptors (Lipinski definition) is 8. The molecule has 1 amide bonds. The number of anilines is 3. The largest absolute Gasteiger partial charge is 0.410 e. The van der Waals surface area contributed by atoms with Crippen LogP contribution in [0.2, 0.25) is 0 Å². The number of carbonyl (C=O) groups is 1. The average molecular weight is 483 g/mol. The molecule has 0 aliphatic carbocycles. The van der Waals surface area contributed by atoms with Crippen LogP contribution in [0.1, 0.15) is 12.5 Å². The maximum Gasteiger partial charge on any atom is 0.410 e. The molecule has 4 N–H and O–H groups in total. The molecule has 1 saturated heterocycles. The number of nitrogens with one attached hydrogen (secondary N) is 2. The highest BCUT2D eigenvalue weighted by molar-refractivity contribution is 5.95. The molecular formula is C26H26N8O2. The Kier molecular flexibility index (Phi) is 6.38. The minimum atomic E-state index is -0.911. The van der Waals surface area contributed by atoms with Crippen LogP contribution in [0, 0.1) is 11.3 Å². The number of carbonyl (C=O) groups excluding carboxylic acids is 1. The molecule has 0 atom stereocenters. The van der Waals surface area contributed by atoms with Gasteiger partial charge in [-0.3, -0.25) is 0 Å². The first-order valence-corrected chi connectivity index (χ1v) is 11.7. The van der Waals surface area contributed by atoms with Gasteiger partial charge >= 0.3 is 6.09 Å². The molecule has 3 heterocycles. The zero-order valence-electron chi connectivity index (χ0n) is 19.9. The second kappa shape index (κ2) is 9.93. The number of H-pyrrole nitrogens is 1. The number of ether oxygens (including phenoxy) is 1. The van der Waals surface area contributed by atoms with Crippen molar-refractivity contribution in [2.45, 2.75) is 6.92 Å². The number of aromatic nitrogens is 3. The monoisotopic (exact) mass is 482 g/mol. The fourth-order valence-electron chi connectivity index (χ4n) is 4.44. The van der Waals surface area contributed by atoms with Crippen LogP contribution >= 0.6 is 0 Å². The van der Waals surface area contributed by atoms with Crippen molar-refractivity contribution in [1.82, 2.24) is 19.9 Å². The number of para-hydroxylation sites is 1. The van der Waals surface area contributed by atoms with E-state index in [4.69, 9.17) is 10.5 Å². The highest BCUT2D eigenvalue weighted by Crippen LogP contribution is 2.34. The summed E-state index contributed by atoms with van der Waals surface area (Å²) >= 11 is 0. The lowest BCUT2D eigenvalue weighted by Crippen LogP contribution is -2.46. The van der Waals surface area contributed by atoms with Crippen LogP contribution in [0.25, 0.3) is 22.2 Å². The van der Waals surface area contributed by atoms with E-state index in [1.165, 1.54) is 6.20 Å². The number of piperazine rings is 1. The Labute approximate surface area is 208 Å². The van der Waals surface area contributed by atoms with Gasteiger partial charge in [0, 0.05) is 60.6 Å². The Balaban J connectivity index is 1.47. The van der Waals surface area contributed by atoms with Crippen LogP contribution in [-0.2, 0) is 0 Å². The minimum absolute atomic E-state index is 0.257. The van der Waals surface area contributed by atoms with E-state index in [0.29, 0.717) is 16.9 Å². The van der Waals surface area contributed by atoms with Gasteiger partial charge in [0.1, 0.15) is 6.07 Å². The number of primary amides is 1. The summed E-state index contributed by atoms with van der Waals surface area (Å²) in [5.41, 5.74) is 9.35. The fourth-order valence-corrected chi connectivity index (χ4v) is 4.44. The van der Waals surface area contributed by atoms with E-state index in [1.807, 2.05) is 42.6 Å². The predicted molar refractivity (Wildman–Crippen MR) is 138 cm³/mol. The van der Waals surface area contributed by atoms with E-state index in [1.54, 1.807) is 6.07 Å². The smallest absolute Gasteiger partial charge is 0.408 e. The van der Waals surface area contributed by atoms with Crippen molar-refractivity contribution < 1.29 is 9.53 Å². The number of fused-ring (bicyclic) bond motifs is 1. The molecule has 10 nitrogen and oxygen atoms in total. The molecule has 5 rings (SSSR count). The van der Waals surface area contributed by atoms with Crippen LogP contribution in [0.15, 0.2) is 54.9 Å². The summed E-state index contributed by atoms with van der Waals surface area (Å²) in [5.74, 6) is 0.535. The summed E-state index contributed by atoms with van der Waals surface area (Å²) in [6, 6.07) is 15.5. The first-order valence-electron chi connectivity index (χ1n) is 11.7. The zero-order chi connectivity index (χ0) is 25.1. The Bertz CT molecular complexity index is 1450. The number of benzene rings is 2. The first-order chi connectivity index (χ1) is 17.6. The van der Waals surface area contributed by atoms with Gasteiger partial charge in [-0.05, 0) is 24.7 Å². The molecule has 4 aromatic rings. The van der Waals surface area contributed by atoms with E-state index in [2.05, 4.69) is 43.1 Å². The van der Waals surface area contributed by atoms with Crippen LogP contribution in [-0.4, -0.2) is 58.7 Å². The minimum Gasteiger partial charge on any atom is -0.408 e. The molecule has 0 saturated carbocycles. The molecule has 0 radical (unpaired) electrons. The number of aromatic amines is 1. The lowest BCUT2D eigenvalue weighted by molar-refractivity contribution is 0.211. The van der Waals surface area contributed by atoms with Gasteiger partial charge in [-0.1, -0.05) is 25.1 Å². The summed E-state index contributed by atoms with van der Waals surface area (Å²) < 4.78 is 5.32. The van der Waals surface area contributed by atoms with Crippen molar-refractivity contribution in [3.05, 3.63) is 60.4 Å². The van der Waals surface area contributed by atoms with E-state index < -0.39 is 6.09 Å². The van der Waals surface area contributed by atoms with Gasteiger partial charge < -0.3 is 30.6 Å². The highest BCUT2D eigenvalue weighted by atomic mass is 16.5. The highest BCUT2D eigenvalue weighted by Gasteiger charge is 2.19. The SMILES string of the molecule is CCN1CCN(c2ccc(Nc3ncc(C#N)c(-c4c[nH]c5ccccc45)n3)c(OC(N)=O)c2)CC1. The van der Waals surface area contributed by atoms with Gasteiger partial charge in [-0.15, -0.1) is 0 Å². The molecule has 0 bridgehead atoms. The van der Waals surface area contributed by atoms with Gasteiger partial charge in [0.15, 0.2) is 5.75 Å². The molecule has 1 aliphatic heterocycles. The molecule has 0 unspecified atom stereocenters. The van der Waals surface area contributed by atoms with Crippen LogP contribution in [0.3, 0.4) is 0 Å². The molecule has 1 aliphatic rings. The number of nitriles is 1. The third-order valence-corrected chi connectivity index (χ3v) is 6.36. The van der Waals surface area contributed by atoms with E-state index >= 15 is 0 Å². The molecule has 36 heavy (non-hydrogen) atoms. The van der Waals surface area contributed by atoms with Gasteiger partial charge in [-0.2, -0.15) is 5.26 Å². The lowest BCUT2D eigenvalue weighted by atomic mass is 10.1. The number of amides is 1. The van der Waals surface area contributed by atoms with Gasteiger partial charge in [-0.25, -0.2) is 14.8 Å². The Hall–Kier alpha value is -4.62. The quantitative estimate of drug-likeness (QED) is 0.377. The number of nitrogens with zero attached hydrogens (tertiary/aromatic N) is 5. The van der Waals surface area contributed by atoms with Gasteiger partial charge in [0.2, 0.25) is 5.95 Å². The van der Waals surface area contributed by atoms with E-state index in [-0.39, 0.29) is 11.7 Å². The Morgan fingerprint density at radius 1 is 1.22 bits per heavy atom. The molecular weight excluding hydrogens is 456 g/mol. The molecule has 2 aromatic carbocycles. The summed E-state index contributed by atoms with van der Waals surface area (Å²) in [6.07, 6.45) is 2.39. The van der Waals surface area contributed by atoms with Crippen molar-refractivity contribution in [3.8, 4) is 23.1 Å². The van der Waals surface area contributed by atoms with Gasteiger partial charge in [0.25, 0.3) is 0 Å². The molecule has 0 spiro atoms. The predicted octanol–water partition coefficient (Wildman–Crippen LogP) is 3.84.